The topological polar surface area (TPSA) is 285 Å². The van der Waals surface area contributed by atoms with E-state index in [0.717, 1.165) is 70.9 Å². The molecule has 0 aliphatic heterocycles. The molecular formula is C25H45F9N8O8. The first-order valence-electron chi connectivity index (χ1n) is 14.5. The van der Waals surface area contributed by atoms with Gasteiger partial charge in [-0.2, -0.15) is 39.5 Å². The number of unbranched alkanes of at least 4 members (excludes halogenated alkanes) is 6. The Kier molecular flexibility index (Phi) is 32.3. The molecule has 0 aromatic heterocycles. The molecule has 0 aliphatic rings. The van der Waals surface area contributed by atoms with E-state index in [1.54, 1.807) is 0 Å². The normalized spacial score (nSPS) is 10.8. The van der Waals surface area contributed by atoms with Crippen LogP contribution >= 0.6 is 0 Å². The number of alkyl halides is 9. The average Bonchev–Trinajstić information content (AvgIpc) is 2.97. The van der Waals surface area contributed by atoms with Gasteiger partial charge in [-0.25, -0.2) is 19.2 Å². The Morgan fingerprint density at radius 2 is 0.900 bits per heavy atom. The molecule has 3 amide bonds. The van der Waals surface area contributed by atoms with Crippen LogP contribution in [0.5, 0.6) is 0 Å². The lowest BCUT2D eigenvalue weighted by atomic mass is 10.1. The highest BCUT2D eigenvalue weighted by Gasteiger charge is 2.39. The Bertz CT molecular complexity index is 924. The van der Waals surface area contributed by atoms with Gasteiger partial charge in [0.1, 0.15) is 0 Å². The molecule has 0 aliphatic carbocycles. The standard InChI is InChI=1S/C19H42N8O2.3C2HF3O2/c20-10-9-12-23-11-7-8-15-26-19(29)27-16-17(28)24-13-5-3-1-2-4-6-14-25-18(21)22;3*3-2(4,5)1(6)7/h23H,1-16,20H2,(H,24,28)(H4,21,22,25)(H2,26,27,29);3*(H,6,7). The zero-order valence-corrected chi connectivity index (χ0v) is 26.8. The number of carboxylic acid groups (broad SMARTS) is 3. The van der Waals surface area contributed by atoms with Gasteiger partial charge in [0.2, 0.25) is 5.91 Å². The maximum Gasteiger partial charge on any atom is 0.490 e. The highest BCUT2D eigenvalue weighted by atomic mass is 19.4. The number of rotatable bonds is 19. The van der Waals surface area contributed by atoms with Crippen molar-refractivity contribution in [2.24, 2.45) is 22.2 Å². The second-order valence-corrected chi connectivity index (χ2v) is 9.40. The van der Waals surface area contributed by atoms with E-state index in [-0.39, 0.29) is 24.4 Å². The zero-order chi connectivity index (χ0) is 39.8. The molecule has 0 bridgehead atoms. The summed E-state index contributed by atoms with van der Waals surface area (Å²) in [6.07, 6.45) is -6.03. The second-order valence-electron chi connectivity index (χ2n) is 9.40. The number of carbonyl (C=O) groups is 5. The molecule has 0 radical (unpaired) electrons. The van der Waals surface area contributed by atoms with Crippen molar-refractivity contribution >= 4 is 35.8 Å². The van der Waals surface area contributed by atoms with Crippen LogP contribution in [0.3, 0.4) is 0 Å². The fourth-order valence-corrected chi connectivity index (χ4v) is 2.59. The van der Waals surface area contributed by atoms with Crippen molar-refractivity contribution in [3.8, 4) is 0 Å². The van der Waals surface area contributed by atoms with Gasteiger partial charge in [-0.05, 0) is 51.7 Å². The van der Waals surface area contributed by atoms with E-state index >= 15 is 0 Å². The number of nitrogens with one attached hydrogen (secondary N) is 4. The fraction of sp³-hybridized carbons (Fsp3) is 0.760. The largest absolute Gasteiger partial charge is 0.490 e. The van der Waals surface area contributed by atoms with E-state index in [1.165, 1.54) is 0 Å². The number of aliphatic carboxylic acids is 3. The van der Waals surface area contributed by atoms with Crippen LogP contribution in [0.4, 0.5) is 44.3 Å². The summed E-state index contributed by atoms with van der Waals surface area (Å²) in [4.78, 5) is 54.0. The first kappa shape index (κ1) is 52.5. The SMILES string of the molecule is NCCCNCCCCNC(=O)NCC(=O)NCCCCCCCCN=C(N)N.O=C(O)C(F)(F)F.O=C(O)C(F)(F)F.O=C(O)C(F)(F)F. The number of carbonyl (C=O) groups excluding carboxylic acids is 2. The van der Waals surface area contributed by atoms with Crippen molar-refractivity contribution in [3.05, 3.63) is 0 Å². The van der Waals surface area contributed by atoms with Gasteiger partial charge in [0.05, 0.1) is 6.54 Å². The minimum atomic E-state index is -5.08. The van der Waals surface area contributed by atoms with Crippen molar-refractivity contribution in [3.63, 3.8) is 0 Å². The van der Waals surface area contributed by atoms with Crippen molar-refractivity contribution in [2.75, 3.05) is 45.8 Å². The number of halogens is 9. The van der Waals surface area contributed by atoms with Gasteiger partial charge in [0.15, 0.2) is 5.96 Å². The summed E-state index contributed by atoms with van der Waals surface area (Å²) in [7, 11) is 0. The van der Waals surface area contributed by atoms with Gasteiger partial charge in [0, 0.05) is 19.6 Å². The first-order chi connectivity index (χ1) is 22.9. The molecule has 296 valence electrons. The molecule has 0 saturated carbocycles. The minimum Gasteiger partial charge on any atom is -0.475 e. The van der Waals surface area contributed by atoms with E-state index in [4.69, 9.17) is 46.9 Å². The summed E-state index contributed by atoms with van der Waals surface area (Å²) in [5.74, 6) is -8.29. The Morgan fingerprint density at radius 3 is 1.32 bits per heavy atom. The highest BCUT2D eigenvalue weighted by molar-refractivity contribution is 5.83. The van der Waals surface area contributed by atoms with E-state index in [2.05, 4.69) is 26.3 Å². The number of nitrogens with zero attached hydrogens (tertiary/aromatic N) is 1. The van der Waals surface area contributed by atoms with Crippen LogP contribution in [0.1, 0.15) is 57.8 Å². The molecule has 0 rings (SSSR count). The number of aliphatic imine (C=N–C) groups is 1. The van der Waals surface area contributed by atoms with Gasteiger partial charge in [-0.15, -0.1) is 0 Å². The van der Waals surface area contributed by atoms with Crippen LogP contribution in [0, 0.1) is 0 Å². The predicted octanol–water partition coefficient (Wildman–Crippen LogP) is 1.63. The number of amides is 3. The zero-order valence-electron chi connectivity index (χ0n) is 26.8. The summed E-state index contributed by atoms with van der Waals surface area (Å²) in [6, 6.07) is -0.308. The molecular weight excluding hydrogens is 711 g/mol. The Hall–Kier alpha value is -4.29. The summed E-state index contributed by atoms with van der Waals surface area (Å²) < 4.78 is 95.2. The van der Waals surface area contributed by atoms with Crippen molar-refractivity contribution in [1.29, 1.82) is 0 Å². The third kappa shape index (κ3) is 45.8. The van der Waals surface area contributed by atoms with E-state index in [0.29, 0.717) is 26.2 Å². The van der Waals surface area contributed by atoms with E-state index in [1.807, 2.05) is 0 Å². The number of urea groups is 1. The Labute approximate surface area is 280 Å². The number of carboxylic acids is 3. The van der Waals surface area contributed by atoms with Crippen LogP contribution in [0.2, 0.25) is 0 Å². The molecule has 0 fully saturated rings. The van der Waals surface area contributed by atoms with Gasteiger partial charge < -0.3 is 53.8 Å². The third-order valence-electron chi connectivity index (χ3n) is 4.96. The summed E-state index contributed by atoms with van der Waals surface area (Å²) in [6.45, 7) is 4.46. The van der Waals surface area contributed by atoms with E-state index in [9.17, 15) is 49.1 Å². The maximum absolute atomic E-state index is 11.7. The Morgan fingerprint density at radius 1 is 0.540 bits per heavy atom. The maximum atomic E-state index is 11.7. The van der Waals surface area contributed by atoms with Crippen molar-refractivity contribution < 1.29 is 78.8 Å². The summed E-state index contributed by atoms with van der Waals surface area (Å²) >= 11 is 0. The first-order valence-corrected chi connectivity index (χ1v) is 14.5. The molecule has 50 heavy (non-hydrogen) atoms. The van der Waals surface area contributed by atoms with Gasteiger partial charge in [-0.3, -0.25) is 9.79 Å². The molecule has 0 spiro atoms. The summed E-state index contributed by atoms with van der Waals surface area (Å²) in [5, 5.41) is 32.8. The third-order valence-corrected chi connectivity index (χ3v) is 4.96. The molecule has 16 nitrogen and oxygen atoms in total. The quantitative estimate of drug-likeness (QED) is 0.0390. The number of hydrogen-bond acceptors (Lipinski definition) is 8. The molecule has 0 aromatic rings. The molecule has 0 heterocycles. The predicted molar refractivity (Wildman–Crippen MR) is 160 cm³/mol. The van der Waals surface area contributed by atoms with Crippen LogP contribution < -0.4 is 38.5 Å². The van der Waals surface area contributed by atoms with Crippen LogP contribution in [0.25, 0.3) is 0 Å². The molecule has 25 heteroatoms. The smallest absolute Gasteiger partial charge is 0.475 e. The molecule has 13 N–H and O–H groups in total. The fourth-order valence-electron chi connectivity index (χ4n) is 2.59. The lowest BCUT2D eigenvalue weighted by Gasteiger charge is -2.09. The van der Waals surface area contributed by atoms with Crippen molar-refractivity contribution in [1.82, 2.24) is 21.3 Å². The molecule has 0 saturated heterocycles. The summed E-state index contributed by atoms with van der Waals surface area (Å²) in [5.41, 5.74) is 15.9. The van der Waals surface area contributed by atoms with Gasteiger partial charge >= 0.3 is 42.5 Å². The molecule has 0 aromatic carbocycles. The number of nitrogens with two attached hydrogens (primary N) is 3. The number of hydrogen-bond donors (Lipinski definition) is 10. The van der Waals surface area contributed by atoms with Crippen LogP contribution in [-0.4, -0.2) is 115 Å². The van der Waals surface area contributed by atoms with E-state index < -0.39 is 36.4 Å². The number of guanidine groups is 1. The van der Waals surface area contributed by atoms with Crippen LogP contribution in [0.15, 0.2) is 4.99 Å². The minimum absolute atomic E-state index is 0.00271. The average molecular weight is 757 g/mol. The van der Waals surface area contributed by atoms with Crippen LogP contribution in [-0.2, 0) is 19.2 Å². The van der Waals surface area contributed by atoms with Crippen molar-refractivity contribution in [2.45, 2.75) is 76.3 Å². The lowest BCUT2D eigenvalue weighted by Crippen LogP contribution is -2.42. The molecule has 0 atom stereocenters. The van der Waals surface area contributed by atoms with Gasteiger partial charge in [0.25, 0.3) is 0 Å². The Balaban J connectivity index is -0.000000403. The highest BCUT2D eigenvalue weighted by Crippen LogP contribution is 2.14. The second kappa shape index (κ2) is 30.7. The van der Waals surface area contributed by atoms with Gasteiger partial charge in [-0.1, -0.05) is 25.7 Å². The monoisotopic (exact) mass is 756 g/mol. The molecule has 0 unspecified atom stereocenters. The lowest BCUT2D eigenvalue weighted by molar-refractivity contribution is -0.193.